The molecule has 0 spiro atoms. The standard InChI is InChI=1S/C31H47N3O4/c1-29-12-9-23(33-28(36)32-15-18-34-16-3-4-17-34)19-22(29)6-7-26-25(29)10-13-30(2)24(11-14-31(26,30)37)21-5-8-27(35)38-20-21/h5,8,20,22-26,37H,3-4,6-7,9-19H2,1-2H3,(H2,32,33,36)/t22-,23+,24-,25+,26-,29+,30-,31+/m1/s1. The third-order valence-corrected chi connectivity index (χ3v) is 12.2. The topological polar surface area (TPSA) is 94.8 Å². The van der Waals surface area contributed by atoms with Crippen LogP contribution in [0.25, 0.3) is 0 Å². The molecule has 8 atom stereocenters. The van der Waals surface area contributed by atoms with Gasteiger partial charge in [0.2, 0.25) is 0 Å². The van der Waals surface area contributed by atoms with Crippen LogP contribution in [-0.2, 0) is 0 Å². The second-order valence-corrected chi connectivity index (χ2v) is 13.8. The Morgan fingerprint density at radius 3 is 2.63 bits per heavy atom. The van der Waals surface area contributed by atoms with Crippen molar-refractivity contribution < 1.29 is 14.3 Å². The monoisotopic (exact) mass is 525 g/mol. The number of hydrogen-bond donors (Lipinski definition) is 3. The molecule has 0 bridgehead atoms. The van der Waals surface area contributed by atoms with Gasteiger partial charge < -0.3 is 25.1 Å². The molecule has 0 radical (unpaired) electrons. The number of hydrogen-bond acceptors (Lipinski definition) is 5. The number of carbonyl (C=O) groups excluding carboxylic acids is 1. The molecule has 7 nitrogen and oxygen atoms in total. The third kappa shape index (κ3) is 4.32. The Kier molecular flexibility index (Phi) is 6.91. The second-order valence-electron chi connectivity index (χ2n) is 13.8. The van der Waals surface area contributed by atoms with Crippen LogP contribution < -0.4 is 16.3 Å². The summed E-state index contributed by atoms with van der Waals surface area (Å²) in [6.07, 6.45) is 13.5. The van der Waals surface area contributed by atoms with E-state index in [0.29, 0.717) is 17.8 Å². The quantitative estimate of drug-likeness (QED) is 0.521. The fourth-order valence-corrected chi connectivity index (χ4v) is 10.0. The summed E-state index contributed by atoms with van der Waals surface area (Å²) in [7, 11) is 0. The van der Waals surface area contributed by atoms with E-state index >= 15 is 0 Å². The molecule has 5 aliphatic rings. The van der Waals surface area contributed by atoms with Crippen LogP contribution in [-0.4, -0.2) is 53.9 Å². The Morgan fingerprint density at radius 1 is 1.05 bits per heavy atom. The molecule has 2 heterocycles. The minimum atomic E-state index is -0.672. The number of aliphatic hydroxyl groups is 1. The maximum Gasteiger partial charge on any atom is 0.335 e. The van der Waals surface area contributed by atoms with E-state index in [1.165, 1.54) is 18.9 Å². The number of nitrogens with zero attached hydrogens (tertiary/aromatic N) is 1. The maximum atomic E-state index is 12.6. The predicted molar refractivity (Wildman–Crippen MR) is 147 cm³/mol. The van der Waals surface area contributed by atoms with Crippen LogP contribution in [0.5, 0.6) is 0 Å². The van der Waals surface area contributed by atoms with Gasteiger partial charge in [0, 0.05) is 30.6 Å². The Morgan fingerprint density at radius 2 is 1.87 bits per heavy atom. The zero-order chi connectivity index (χ0) is 26.5. The van der Waals surface area contributed by atoms with E-state index < -0.39 is 5.60 Å². The summed E-state index contributed by atoms with van der Waals surface area (Å²) in [5.74, 6) is 1.68. The van der Waals surface area contributed by atoms with Gasteiger partial charge in [-0.05, 0) is 124 Å². The van der Waals surface area contributed by atoms with Crippen molar-refractivity contribution in [2.24, 2.45) is 28.6 Å². The second kappa shape index (κ2) is 9.96. The van der Waals surface area contributed by atoms with Crippen LogP contribution in [0.2, 0.25) is 0 Å². The first-order valence-electron chi connectivity index (χ1n) is 15.3. The van der Waals surface area contributed by atoms with Crippen LogP contribution >= 0.6 is 0 Å². The van der Waals surface area contributed by atoms with Gasteiger partial charge in [0.1, 0.15) is 0 Å². The highest BCUT2D eigenvalue weighted by molar-refractivity contribution is 5.74. The van der Waals surface area contributed by atoms with Gasteiger partial charge >= 0.3 is 11.7 Å². The highest BCUT2D eigenvalue weighted by Crippen LogP contribution is 2.70. The van der Waals surface area contributed by atoms with Gasteiger partial charge in [-0.1, -0.05) is 13.8 Å². The van der Waals surface area contributed by atoms with Gasteiger partial charge in [0.25, 0.3) is 0 Å². The van der Waals surface area contributed by atoms with E-state index in [1.807, 2.05) is 6.07 Å². The van der Waals surface area contributed by atoms with Crippen LogP contribution in [0.3, 0.4) is 0 Å². The molecule has 3 N–H and O–H groups in total. The average Bonchev–Trinajstić information content (AvgIpc) is 3.51. The van der Waals surface area contributed by atoms with E-state index in [2.05, 4.69) is 29.4 Å². The smallest absolute Gasteiger partial charge is 0.335 e. The molecule has 1 saturated heterocycles. The molecule has 0 unspecified atom stereocenters. The molecule has 210 valence electrons. The lowest BCUT2D eigenvalue weighted by Gasteiger charge is -2.63. The maximum absolute atomic E-state index is 12.6. The first-order chi connectivity index (χ1) is 18.2. The Balaban J connectivity index is 1.09. The van der Waals surface area contributed by atoms with Gasteiger partial charge in [-0.25, -0.2) is 9.59 Å². The van der Waals surface area contributed by atoms with Crippen molar-refractivity contribution in [1.82, 2.24) is 15.5 Å². The van der Waals surface area contributed by atoms with Gasteiger partial charge in [-0.3, -0.25) is 0 Å². The molecule has 4 saturated carbocycles. The van der Waals surface area contributed by atoms with Crippen molar-refractivity contribution in [2.45, 2.75) is 102 Å². The summed E-state index contributed by atoms with van der Waals surface area (Å²) < 4.78 is 5.23. The number of carbonyl (C=O) groups is 1. The Hall–Kier alpha value is -1.86. The number of urea groups is 1. The number of likely N-dealkylation sites (tertiary alicyclic amines) is 1. The lowest BCUT2D eigenvalue weighted by molar-refractivity contribution is -0.201. The first kappa shape index (κ1) is 26.4. The van der Waals surface area contributed by atoms with E-state index in [-0.39, 0.29) is 34.4 Å². The third-order valence-electron chi connectivity index (χ3n) is 12.2. The van der Waals surface area contributed by atoms with E-state index in [0.717, 1.165) is 89.5 Å². The van der Waals surface area contributed by atoms with Crippen molar-refractivity contribution in [3.63, 3.8) is 0 Å². The zero-order valence-electron chi connectivity index (χ0n) is 23.3. The molecule has 1 aromatic heterocycles. The minimum absolute atomic E-state index is 0.0111. The fourth-order valence-electron chi connectivity index (χ4n) is 10.0. The van der Waals surface area contributed by atoms with Crippen LogP contribution in [0.4, 0.5) is 4.79 Å². The molecule has 1 aromatic rings. The molecule has 38 heavy (non-hydrogen) atoms. The zero-order valence-corrected chi connectivity index (χ0v) is 23.3. The van der Waals surface area contributed by atoms with Crippen LogP contribution in [0, 0.1) is 28.6 Å². The summed E-state index contributed by atoms with van der Waals surface area (Å²) in [5.41, 5.74) is 0.110. The molecular formula is C31H47N3O4. The number of nitrogens with one attached hydrogen (secondary N) is 2. The predicted octanol–water partition coefficient (Wildman–Crippen LogP) is 4.64. The number of fused-ring (bicyclic) bond motifs is 5. The molecule has 2 amide bonds. The summed E-state index contributed by atoms with van der Waals surface area (Å²) in [5, 5.41) is 18.8. The summed E-state index contributed by atoms with van der Waals surface area (Å²) in [6, 6.07) is 3.67. The fraction of sp³-hybridized carbons (Fsp3) is 0.806. The van der Waals surface area contributed by atoms with Crippen LogP contribution in [0.1, 0.15) is 96.0 Å². The Labute approximate surface area is 227 Å². The molecule has 4 aliphatic carbocycles. The normalized spacial score (nSPS) is 42.7. The molecule has 7 heteroatoms. The van der Waals surface area contributed by atoms with E-state index in [1.54, 1.807) is 6.26 Å². The van der Waals surface area contributed by atoms with Crippen molar-refractivity contribution in [3.8, 4) is 0 Å². The molecule has 1 aliphatic heterocycles. The largest absolute Gasteiger partial charge is 0.431 e. The van der Waals surface area contributed by atoms with Crippen molar-refractivity contribution >= 4 is 6.03 Å². The number of amides is 2. The number of rotatable bonds is 5. The summed E-state index contributed by atoms with van der Waals surface area (Å²) >= 11 is 0. The van der Waals surface area contributed by atoms with Gasteiger partial charge in [0.05, 0.1) is 11.9 Å². The van der Waals surface area contributed by atoms with Gasteiger partial charge in [-0.15, -0.1) is 0 Å². The van der Waals surface area contributed by atoms with Gasteiger partial charge in [-0.2, -0.15) is 0 Å². The van der Waals surface area contributed by atoms with Gasteiger partial charge in [0.15, 0.2) is 0 Å². The lowest BCUT2D eigenvalue weighted by Crippen LogP contribution is -2.62. The van der Waals surface area contributed by atoms with Crippen molar-refractivity contribution in [1.29, 1.82) is 0 Å². The minimum Gasteiger partial charge on any atom is -0.431 e. The van der Waals surface area contributed by atoms with Crippen LogP contribution in [0.15, 0.2) is 27.6 Å². The lowest BCUT2D eigenvalue weighted by atomic mass is 9.43. The highest BCUT2D eigenvalue weighted by Gasteiger charge is 2.67. The highest BCUT2D eigenvalue weighted by atomic mass is 16.4. The summed E-state index contributed by atoms with van der Waals surface area (Å²) in [6.45, 7) is 8.77. The first-order valence-corrected chi connectivity index (χ1v) is 15.3. The molecular weight excluding hydrogens is 478 g/mol. The Bertz CT molecular complexity index is 1060. The average molecular weight is 526 g/mol. The summed E-state index contributed by atoms with van der Waals surface area (Å²) in [4.78, 5) is 26.6. The molecule has 6 rings (SSSR count). The van der Waals surface area contributed by atoms with Crippen molar-refractivity contribution in [2.75, 3.05) is 26.2 Å². The molecule has 0 aromatic carbocycles. The van der Waals surface area contributed by atoms with E-state index in [9.17, 15) is 14.7 Å². The molecule has 5 fully saturated rings. The van der Waals surface area contributed by atoms with E-state index in [4.69, 9.17) is 4.42 Å². The SMILES string of the molecule is C[C@]12CC[C@H](NC(=O)NCCN3CCCC3)C[C@H]1CC[C@@H]1[C@@H]2CC[C@]2(C)[C@@H](c3ccc(=O)oc3)CC[C@]12O. The van der Waals surface area contributed by atoms with Crippen molar-refractivity contribution in [3.05, 3.63) is 34.4 Å².